The van der Waals surface area contributed by atoms with Crippen LogP contribution in [0.25, 0.3) is 11.0 Å². The number of aromatic nitrogens is 4. The van der Waals surface area contributed by atoms with E-state index in [0.717, 1.165) is 5.56 Å². The predicted molar refractivity (Wildman–Crippen MR) is 135 cm³/mol. The SMILES string of the molecule is CCn1nc(C)c2c1c(=O)n(CCc1ccccc1)c(=O)n2CC(=O)Nc1ccc(C(=O)OC)cc1. The molecule has 2 aromatic carbocycles. The Morgan fingerprint density at radius 1 is 0.972 bits per heavy atom. The monoisotopic (exact) mass is 489 g/mol. The van der Waals surface area contributed by atoms with Crippen LogP contribution >= 0.6 is 0 Å². The molecule has 0 bridgehead atoms. The second kappa shape index (κ2) is 10.4. The van der Waals surface area contributed by atoms with Crippen molar-refractivity contribution in [3.05, 3.63) is 92.3 Å². The van der Waals surface area contributed by atoms with Crippen LogP contribution in [0.5, 0.6) is 0 Å². The zero-order valence-electron chi connectivity index (χ0n) is 20.4. The first-order chi connectivity index (χ1) is 17.3. The number of amides is 1. The molecule has 10 nitrogen and oxygen atoms in total. The number of carbonyl (C=O) groups is 2. The van der Waals surface area contributed by atoms with E-state index in [0.29, 0.717) is 35.4 Å². The molecule has 4 aromatic rings. The maximum Gasteiger partial charge on any atom is 0.337 e. The quantitative estimate of drug-likeness (QED) is 0.380. The van der Waals surface area contributed by atoms with Crippen LogP contribution in [0.1, 0.15) is 28.5 Å². The molecule has 186 valence electrons. The smallest absolute Gasteiger partial charge is 0.337 e. The minimum atomic E-state index is -0.571. The fraction of sp³-hybridized carbons (Fsp3) is 0.269. The molecule has 2 aromatic heterocycles. The fourth-order valence-electron chi connectivity index (χ4n) is 4.17. The Hall–Kier alpha value is -4.47. The summed E-state index contributed by atoms with van der Waals surface area (Å²) in [6.07, 6.45) is 0.486. The molecule has 0 saturated carbocycles. The van der Waals surface area contributed by atoms with Gasteiger partial charge in [0.2, 0.25) is 5.91 Å². The molecule has 0 aliphatic carbocycles. The lowest BCUT2D eigenvalue weighted by Crippen LogP contribution is -2.42. The molecule has 0 unspecified atom stereocenters. The van der Waals surface area contributed by atoms with E-state index in [1.165, 1.54) is 28.4 Å². The third-order valence-corrected chi connectivity index (χ3v) is 5.93. The van der Waals surface area contributed by atoms with E-state index in [4.69, 9.17) is 0 Å². The normalized spacial score (nSPS) is 11.0. The van der Waals surface area contributed by atoms with Crippen molar-refractivity contribution in [3.8, 4) is 0 Å². The van der Waals surface area contributed by atoms with E-state index in [1.54, 1.807) is 23.7 Å². The summed E-state index contributed by atoms with van der Waals surface area (Å²) in [4.78, 5) is 51.4. The van der Waals surface area contributed by atoms with Gasteiger partial charge in [0.1, 0.15) is 12.1 Å². The molecular weight excluding hydrogens is 462 g/mol. The highest BCUT2D eigenvalue weighted by molar-refractivity contribution is 5.93. The predicted octanol–water partition coefficient (Wildman–Crippen LogP) is 2.36. The van der Waals surface area contributed by atoms with Crippen LogP contribution in [0, 0.1) is 6.92 Å². The van der Waals surface area contributed by atoms with Crippen LogP contribution in [0.2, 0.25) is 0 Å². The minimum absolute atomic E-state index is 0.169. The van der Waals surface area contributed by atoms with Crippen LogP contribution in [0.3, 0.4) is 0 Å². The third-order valence-electron chi connectivity index (χ3n) is 5.93. The molecule has 2 heterocycles. The van der Waals surface area contributed by atoms with Crippen molar-refractivity contribution in [3.63, 3.8) is 0 Å². The number of anilines is 1. The summed E-state index contributed by atoms with van der Waals surface area (Å²) in [5, 5.41) is 7.16. The molecule has 1 N–H and O–H groups in total. The van der Waals surface area contributed by atoms with Crippen molar-refractivity contribution in [1.82, 2.24) is 18.9 Å². The van der Waals surface area contributed by atoms with Gasteiger partial charge in [-0.1, -0.05) is 30.3 Å². The highest BCUT2D eigenvalue weighted by atomic mass is 16.5. The van der Waals surface area contributed by atoms with Crippen LogP contribution in [-0.2, 0) is 35.6 Å². The Morgan fingerprint density at radius 2 is 1.67 bits per heavy atom. The van der Waals surface area contributed by atoms with Crippen LogP contribution in [0.4, 0.5) is 5.69 Å². The number of fused-ring (bicyclic) bond motifs is 1. The Morgan fingerprint density at radius 3 is 2.31 bits per heavy atom. The maximum atomic E-state index is 13.5. The number of ether oxygens (including phenoxy) is 1. The van der Waals surface area contributed by atoms with Gasteiger partial charge in [-0.3, -0.25) is 23.4 Å². The molecule has 0 atom stereocenters. The van der Waals surface area contributed by atoms with Crippen LogP contribution in [-0.4, -0.2) is 37.9 Å². The highest BCUT2D eigenvalue weighted by Gasteiger charge is 2.21. The Bertz CT molecular complexity index is 1530. The molecule has 0 fully saturated rings. The third kappa shape index (κ3) is 4.83. The van der Waals surface area contributed by atoms with E-state index in [9.17, 15) is 19.2 Å². The molecule has 36 heavy (non-hydrogen) atoms. The number of hydrogen-bond acceptors (Lipinski definition) is 6. The summed E-state index contributed by atoms with van der Waals surface area (Å²) in [5.74, 6) is -0.941. The summed E-state index contributed by atoms with van der Waals surface area (Å²) < 4.78 is 8.71. The number of nitrogens with one attached hydrogen (secondary N) is 1. The fourth-order valence-corrected chi connectivity index (χ4v) is 4.17. The summed E-state index contributed by atoms with van der Waals surface area (Å²) >= 11 is 0. The molecule has 0 aliphatic heterocycles. The lowest BCUT2D eigenvalue weighted by Gasteiger charge is -2.13. The van der Waals surface area contributed by atoms with Gasteiger partial charge in [0, 0.05) is 18.8 Å². The van der Waals surface area contributed by atoms with Crippen LogP contribution in [0.15, 0.2) is 64.2 Å². The number of methoxy groups -OCH3 is 1. The first kappa shape index (κ1) is 24.6. The van der Waals surface area contributed by atoms with Gasteiger partial charge in [0.15, 0.2) is 5.52 Å². The van der Waals surface area contributed by atoms with Gasteiger partial charge >= 0.3 is 11.7 Å². The Labute approximate surface area is 206 Å². The number of rotatable bonds is 8. The first-order valence-corrected chi connectivity index (χ1v) is 11.6. The van der Waals surface area contributed by atoms with Crippen LogP contribution < -0.4 is 16.6 Å². The van der Waals surface area contributed by atoms with Gasteiger partial charge in [0.25, 0.3) is 5.56 Å². The lowest BCUT2D eigenvalue weighted by atomic mass is 10.1. The number of benzene rings is 2. The number of nitrogens with zero attached hydrogens (tertiary/aromatic N) is 4. The van der Waals surface area contributed by atoms with Crippen molar-refractivity contribution in [2.45, 2.75) is 39.9 Å². The Kier molecular flexibility index (Phi) is 7.14. The van der Waals surface area contributed by atoms with Gasteiger partial charge in [-0.05, 0) is 50.1 Å². The van der Waals surface area contributed by atoms with E-state index in [2.05, 4.69) is 15.2 Å². The van der Waals surface area contributed by atoms with Gasteiger partial charge in [0.05, 0.1) is 18.4 Å². The summed E-state index contributed by atoms with van der Waals surface area (Å²) in [6.45, 7) is 3.87. The second-order valence-electron chi connectivity index (χ2n) is 8.28. The van der Waals surface area contributed by atoms with Gasteiger partial charge < -0.3 is 10.1 Å². The number of carbonyl (C=O) groups excluding carboxylic acids is 2. The highest BCUT2D eigenvalue weighted by Crippen LogP contribution is 2.15. The zero-order valence-corrected chi connectivity index (χ0v) is 20.4. The van der Waals surface area contributed by atoms with E-state index in [-0.39, 0.29) is 18.6 Å². The average molecular weight is 490 g/mol. The molecular formula is C26H27N5O5. The number of aryl methyl sites for hydroxylation is 3. The van der Waals surface area contributed by atoms with Gasteiger partial charge in [-0.25, -0.2) is 9.59 Å². The van der Waals surface area contributed by atoms with Crippen molar-refractivity contribution < 1.29 is 14.3 Å². The van der Waals surface area contributed by atoms with Gasteiger partial charge in [-0.15, -0.1) is 0 Å². The molecule has 0 spiro atoms. The number of hydrogen-bond donors (Lipinski definition) is 1. The lowest BCUT2D eigenvalue weighted by molar-refractivity contribution is -0.116. The Balaban J connectivity index is 1.69. The molecule has 0 radical (unpaired) electrons. The standard InChI is InChI=1S/C26H27N5O5/c1-4-31-23-22(17(2)28-31)30(16-21(32)27-20-12-10-19(11-13-20)25(34)36-3)26(35)29(24(23)33)15-14-18-8-6-5-7-9-18/h5-13H,4,14-16H2,1-3H3,(H,27,32). The first-order valence-electron chi connectivity index (χ1n) is 11.6. The molecule has 4 rings (SSSR count). The van der Waals surface area contributed by atoms with E-state index in [1.807, 2.05) is 37.3 Å². The van der Waals surface area contributed by atoms with Crippen molar-refractivity contribution in [2.24, 2.45) is 0 Å². The van der Waals surface area contributed by atoms with Crippen molar-refractivity contribution in [1.29, 1.82) is 0 Å². The molecule has 0 aliphatic rings. The average Bonchev–Trinajstić information content (AvgIpc) is 3.23. The van der Waals surface area contributed by atoms with Gasteiger partial charge in [-0.2, -0.15) is 5.10 Å². The summed E-state index contributed by atoms with van der Waals surface area (Å²) in [5.41, 5.74) is 1.92. The number of esters is 1. The van der Waals surface area contributed by atoms with E-state index < -0.39 is 23.1 Å². The van der Waals surface area contributed by atoms with Crippen molar-refractivity contribution in [2.75, 3.05) is 12.4 Å². The molecule has 1 amide bonds. The maximum absolute atomic E-state index is 13.5. The zero-order chi connectivity index (χ0) is 25.8. The largest absolute Gasteiger partial charge is 0.465 e. The molecule has 0 saturated heterocycles. The second-order valence-corrected chi connectivity index (χ2v) is 8.28. The van der Waals surface area contributed by atoms with E-state index >= 15 is 0 Å². The molecule has 10 heteroatoms. The minimum Gasteiger partial charge on any atom is -0.465 e. The topological polar surface area (TPSA) is 117 Å². The summed E-state index contributed by atoms with van der Waals surface area (Å²) in [7, 11) is 1.29. The summed E-state index contributed by atoms with van der Waals surface area (Å²) in [6, 6.07) is 15.8. The van der Waals surface area contributed by atoms with Crippen molar-refractivity contribution >= 4 is 28.6 Å².